The lowest BCUT2D eigenvalue weighted by molar-refractivity contribution is -0.126. The number of rotatable bonds is 4. The van der Waals surface area contributed by atoms with Crippen molar-refractivity contribution in [1.82, 2.24) is 10.2 Å². The summed E-state index contributed by atoms with van der Waals surface area (Å²) in [6.07, 6.45) is 1.73. The van der Waals surface area contributed by atoms with Crippen LogP contribution in [0.4, 0.5) is 8.78 Å². The number of carbonyl (C=O) groups excluding carboxylic acids is 1. The van der Waals surface area contributed by atoms with E-state index in [0.717, 1.165) is 19.4 Å². The molecule has 1 aliphatic heterocycles. The predicted octanol–water partition coefficient (Wildman–Crippen LogP) is 0.504. The fourth-order valence-electron chi connectivity index (χ4n) is 1.66. The molecule has 0 radical (unpaired) electrons. The Morgan fingerprint density at radius 3 is 2.64 bits per heavy atom. The second-order valence-electron chi connectivity index (χ2n) is 3.65. The number of carbonyl (C=O) groups is 1. The van der Waals surface area contributed by atoms with Gasteiger partial charge in [0.15, 0.2) is 0 Å². The van der Waals surface area contributed by atoms with Gasteiger partial charge in [-0.25, -0.2) is 8.78 Å². The van der Waals surface area contributed by atoms with Gasteiger partial charge in [0.25, 0.3) is 0 Å². The van der Waals surface area contributed by atoms with Crippen LogP contribution in [0.15, 0.2) is 0 Å². The van der Waals surface area contributed by atoms with Crippen molar-refractivity contribution < 1.29 is 13.6 Å². The molecular weight excluding hydrogens is 190 g/mol. The van der Waals surface area contributed by atoms with Crippen LogP contribution in [0.1, 0.15) is 12.8 Å². The average Bonchev–Trinajstić information content (AvgIpc) is 2.60. The summed E-state index contributed by atoms with van der Waals surface area (Å²) in [6.45, 7) is -0.828. The number of amides is 1. The van der Waals surface area contributed by atoms with E-state index in [2.05, 4.69) is 5.32 Å². The van der Waals surface area contributed by atoms with Gasteiger partial charge in [-0.1, -0.05) is 0 Å². The molecule has 1 saturated heterocycles. The molecule has 0 saturated carbocycles. The second-order valence-corrected chi connectivity index (χ2v) is 3.65. The van der Waals surface area contributed by atoms with E-state index in [-0.39, 0.29) is 11.9 Å². The number of nitrogens with zero attached hydrogens (tertiary/aromatic N) is 1. The van der Waals surface area contributed by atoms with Gasteiger partial charge < -0.3 is 5.32 Å². The molecule has 82 valence electrons. The van der Waals surface area contributed by atoms with Gasteiger partial charge in [-0.15, -0.1) is 0 Å². The predicted molar refractivity (Wildman–Crippen MR) is 49.5 cm³/mol. The van der Waals surface area contributed by atoms with Gasteiger partial charge in [0, 0.05) is 0 Å². The smallest absolute Gasteiger partial charge is 0.237 e. The lowest BCUT2D eigenvalue weighted by atomic mass is 10.2. The maximum absolute atomic E-state index is 12.1. The van der Waals surface area contributed by atoms with Gasteiger partial charge in [-0.2, -0.15) is 0 Å². The van der Waals surface area contributed by atoms with Crippen molar-refractivity contribution in [3.63, 3.8) is 0 Å². The third kappa shape index (κ3) is 2.64. The molecule has 1 N–H and O–H groups in total. The first kappa shape index (κ1) is 11.4. The van der Waals surface area contributed by atoms with Crippen LogP contribution in [0.2, 0.25) is 0 Å². The Morgan fingerprint density at radius 1 is 1.57 bits per heavy atom. The maximum atomic E-state index is 12.1. The van der Waals surface area contributed by atoms with E-state index < -0.39 is 19.4 Å². The van der Waals surface area contributed by atoms with Gasteiger partial charge >= 0.3 is 0 Å². The first-order chi connectivity index (χ1) is 6.69. The summed E-state index contributed by atoms with van der Waals surface area (Å²) in [6, 6.07) is -1.19. The highest BCUT2D eigenvalue weighted by Crippen LogP contribution is 2.14. The van der Waals surface area contributed by atoms with Crippen molar-refractivity contribution in [1.29, 1.82) is 0 Å². The minimum Gasteiger partial charge on any atom is -0.347 e. The average molecular weight is 206 g/mol. The quantitative estimate of drug-likeness (QED) is 0.726. The van der Waals surface area contributed by atoms with Crippen LogP contribution < -0.4 is 5.32 Å². The van der Waals surface area contributed by atoms with Crippen LogP contribution in [0, 0.1) is 0 Å². The van der Waals surface area contributed by atoms with Crippen LogP contribution in [-0.2, 0) is 4.79 Å². The highest BCUT2D eigenvalue weighted by molar-refractivity contribution is 5.82. The van der Waals surface area contributed by atoms with Gasteiger partial charge in [0.1, 0.15) is 13.3 Å². The van der Waals surface area contributed by atoms with E-state index in [1.165, 1.54) is 0 Å². The summed E-state index contributed by atoms with van der Waals surface area (Å²) in [5, 5.41) is 2.36. The minimum absolute atomic E-state index is 0.212. The molecular formula is C9H16F2N2O. The lowest BCUT2D eigenvalue weighted by Gasteiger charge is -2.20. The van der Waals surface area contributed by atoms with E-state index in [1.54, 1.807) is 0 Å². The molecule has 0 aromatic heterocycles. The Hall–Kier alpha value is -0.710. The molecule has 0 aromatic carbocycles. The van der Waals surface area contributed by atoms with Crippen LogP contribution in [-0.4, -0.2) is 49.8 Å². The molecule has 1 amide bonds. The second kappa shape index (κ2) is 5.24. The summed E-state index contributed by atoms with van der Waals surface area (Å²) >= 11 is 0. The zero-order valence-electron chi connectivity index (χ0n) is 8.30. The molecule has 0 bridgehead atoms. The Kier molecular flexibility index (Phi) is 4.25. The normalized spacial score (nSPS) is 23.0. The topological polar surface area (TPSA) is 32.3 Å². The summed E-state index contributed by atoms with van der Waals surface area (Å²) in [4.78, 5) is 13.4. The van der Waals surface area contributed by atoms with E-state index in [1.807, 2.05) is 11.9 Å². The molecule has 1 fully saturated rings. The molecule has 1 atom stereocenters. The monoisotopic (exact) mass is 206 g/mol. The third-order valence-electron chi connectivity index (χ3n) is 2.54. The summed E-state index contributed by atoms with van der Waals surface area (Å²) in [7, 11) is 1.84. The Morgan fingerprint density at radius 2 is 2.21 bits per heavy atom. The third-order valence-corrected chi connectivity index (χ3v) is 2.54. The molecule has 1 heterocycles. The molecule has 3 nitrogen and oxygen atoms in total. The van der Waals surface area contributed by atoms with Crippen molar-refractivity contribution in [2.24, 2.45) is 0 Å². The molecule has 0 spiro atoms. The van der Waals surface area contributed by atoms with Gasteiger partial charge in [0.2, 0.25) is 5.91 Å². The highest BCUT2D eigenvalue weighted by atomic mass is 19.1. The lowest BCUT2D eigenvalue weighted by Crippen LogP contribution is -2.47. The van der Waals surface area contributed by atoms with E-state index in [4.69, 9.17) is 0 Å². The first-order valence-electron chi connectivity index (χ1n) is 4.81. The molecule has 1 unspecified atom stereocenters. The Balaban J connectivity index is 2.40. The molecule has 0 aromatic rings. The number of nitrogens with one attached hydrogen (secondary N) is 1. The van der Waals surface area contributed by atoms with E-state index >= 15 is 0 Å². The standard InChI is InChI=1S/C9H16F2N2O/c1-13-4-2-3-8(13)9(14)12-7(5-10)6-11/h7-8H,2-6H2,1H3,(H,12,14). The number of hydrogen-bond acceptors (Lipinski definition) is 2. The van der Waals surface area contributed by atoms with E-state index in [9.17, 15) is 13.6 Å². The summed E-state index contributed by atoms with van der Waals surface area (Å²) < 4.78 is 24.3. The van der Waals surface area contributed by atoms with Gasteiger partial charge in [-0.3, -0.25) is 9.69 Å². The van der Waals surface area contributed by atoms with Crippen molar-refractivity contribution in [2.45, 2.75) is 24.9 Å². The number of halogens is 2. The first-order valence-corrected chi connectivity index (χ1v) is 4.81. The van der Waals surface area contributed by atoms with Gasteiger partial charge in [-0.05, 0) is 26.4 Å². The fourth-order valence-corrected chi connectivity index (χ4v) is 1.66. The van der Waals surface area contributed by atoms with Crippen LogP contribution in [0.5, 0.6) is 0 Å². The number of alkyl halides is 2. The number of likely N-dealkylation sites (tertiary alicyclic amines) is 1. The number of hydrogen-bond donors (Lipinski definition) is 1. The molecule has 1 aliphatic rings. The molecule has 0 aliphatic carbocycles. The summed E-state index contributed by atoms with van der Waals surface area (Å²) in [5.74, 6) is -0.259. The van der Waals surface area contributed by atoms with Crippen LogP contribution in [0.3, 0.4) is 0 Å². The van der Waals surface area contributed by atoms with Crippen molar-refractivity contribution in [3.8, 4) is 0 Å². The molecule has 1 rings (SSSR count). The largest absolute Gasteiger partial charge is 0.347 e. The Bertz CT molecular complexity index is 197. The minimum atomic E-state index is -0.975. The van der Waals surface area contributed by atoms with Gasteiger partial charge in [0.05, 0.1) is 12.1 Å². The SMILES string of the molecule is CN1CCCC1C(=O)NC(CF)CF. The van der Waals surface area contributed by atoms with Crippen LogP contribution >= 0.6 is 0 Å². The van der Waals surface area contributed by atoms with Crippen molar-refractivity contribution in [2.75, 3.05) is 26.9 Å². The van der Waals surface area contributed by atoms with Crippen molar-refractivity contribution in [3.05, 3.63) is 0 Å². The van der Waals surface area contributed by atoms with Crippen LogP contribution in [0.25, 0.3) is 0 Å². The Labute approximate surface area is 82.5 Å². The maximum Gasteiger partial charge on any atom is 0.237 e. The van der Waals surface area contributed by atoms with E-state index in [0.29, 0.717) is 0 Å². The fraction of sp³-hybridized carbons (Fsp3) is 0.889. The zero-order valence-corrected chi connectivity index (χ0v) is 8.30. The zero-order chi connectivity index (χ0) is 10.6. The highest BCUT2D eigenvalue weighted by Gasteiger charge is 2.28. The number of likely N-dealkylation sites (N-methyl/N-ethyl adjacent to an activating group) is 1. The molecule has 5 heteroatoms. The molecule has 14 heavy (non-hydrogen) atoms. The summed E-state index contributed by atoms with van der Waals surface area (Å²) in [5.41, 5.74) is 0. The van der Waals surface area contributed by atoms with Crippen molar-refractivity contribution >= 4 is 5.91 Å².